The average molecular weight is 342 g/mol. The molecule has 24 heavy (non-hydrogen) atoms. The zero-order valence-electron chi connectivity index (χ0n) is 12.5. The van der Waals surface area contributed by atoms with Crippen molar-refractivity contribution < 1.29 is 9.53 Å². The van der Waals surface area contributed by atoms with Crippen LogP contribution >= 0.6 is 11.6 Å². The van der Waals surface area contributed by atoms with Crippen LogP contribution in [-0.4, -0.2) is 22.1 Å². The standard InChI is InChI=1S/C17H12ClN3O3/c18-12-3-4-13-15-14(12)16(22)11(9-21(15)6-7-24-13)17(23)20-10-2-1-5-19-8-10/h1-5,8-9H,6-7H2,(H,20,23). The summed E-state index contributed by atoms with van der Waals surface area (Å²) in [7, 11) is 0. The zero-order valence-corrected chi connectivity index (χ0v) is 13.2. The van der Waals surface area contributed by atoms with Gasteiger partial charge in [-0.2, -0.15) is 0 Å². The molecule has 7 heteroatoms. The first kappa shape index (κ1) is 14.7. The van der Waals surface area contributed by atoms with Gasteiger partial charge in [-0.25, -0.2) is 0 Å². The predicted octanol–water partition coefficient (Wildman–Crippen LogP) is 2.69. The fraction of sp³-hybridized carbons (Fsp3) is 0.118. The molecule has 0 unspecified atom stereocenters. The predicted molar refractivity (Wildman–Crippen MR) is 90.9 cm³/mol. The fourth-order valence-corrected chi connectivity index (χ4v) is 3.04. The number of benzene rings is 1. The maximum absolute atomic E-state index is 12.8. The van der Waals surface area contributed by atoms with Gasteiger partial charge in [0.15, 0.2) is 0 Å². The summed E-state index contributed by atoms with van der Waals surface area (Å²) in [6, 6.07) is 6.74. The molecule has 0 fully saturated rings. The van der Waals surface area contributed by atoms with Crippen molar-refractivity contribution in [2.75, 3.05) is 11.9 Å². The molecule has 6 nitrogen and oxygen atoms in total. The van der Waals surface area contributed by atoms with Gasteiger partial charge in [0, 0.05) is 12.4 Å². The molecular formula is C17H12ClN3O3. The van der Waals surface area contributed by atoms with Crippen molar-refractivity contribution in [2.24, 2.45) is 0 Å². The maximum atomic E-state index is 12.8. The Kier molecular flexibility index (Phi) is 3.46. The average Bonchev–Trinajstić information content (AvgIpc) is 2.60. The molecular weight excluding hydrogens is 330 g/mol. The first-order chi connectivity index (χ1) is 11.6. The molecule has 0 saturated heterocycles. The van der Waals surface area contributed by atoms with Crippen LogP contribution in [0, 0.1) is 0 Å². The van der Waals surface area contributed by atoms with Crippen LogP contribution in [0.4, 0.5) is 5.69 Å². The topological polar surface area (TPSA) is 73.2 Å². The van der Waals surface area contributed by atoms with E-state index in [-0.39, 0.29) is 5.56 Å². The highest BCUT2D eigenvalue weighted by Gasteiger charge is 2.22. The van der Waals surface area contributed by atoms with Crippen LogP contribution in [0.1, 0.15) is 10.4 Å². The number of anilines is 1. The lowest BCUT2D eigenvalue weighted by Crippen LogP contribution is -2.26. The number of rotatable bonds is 2. The number of pyridine rings is 2. The number of halogens is 1. The second kappa shape index (κ2) is 5.65. The van der Waals surface area contributed by atoms with Crippen LogP contribution in [0.5, 0.6) is 5.75 Å². The Bertz CT molecular complexity index is 1020. The zero-order chi connectivity index (χ0) is 16.7. The molecule has 1 amide bonds. The van der Waals surface area contributed by atoms with Crippen molar-refractivity contribution in [1.82, 2.24) is 9.55 Å². The molecule has 0 bridgehead atoms. The van der Waals surface area contributed by atoms with Crippen LogP contribution < -0.4 is 15.5 Å². The molecule has 0 atom stereocenters. The summed E-state index contributed by atoms with van der Waals surface area (Å²) < 4.78 is 7.41. The van der Waals surface area contributed by atoms with Gasteiger partial charge in [0.2, 0.25) is 5.43 Å². The third kappa shape index (κ3) is 2.32. The molecule has 3 heterocycles. The summed E-state index contributed by atoms with van der Waals surface area (Å²) in [6.45, 7) is 1.01. The van der Waals surface area contributed by atoms with Crippen molar-refractivity contribution in [1.29, 1.82) is 0 Å². The molecule has 3 aromatic rings. The van der Waals surface area contributed by atoms with Crippen LogP contribution in [0.2, 0.25) is 5.02 Å². The normalized spacial score (nSPS) is 12.7. The third-order valence-corrected chi connectivity index (χ3v) is 4.20. The minimum Gasteiger partial charge on any atom is -0.490 e. The van der Waals surface area contributed by atoms with E-state index in [1.165, 1.54) is 6.20 Å². The highest BCUT2D eigenvalue weighted by atomic mass is 35.5. The van der Waals surface area contributed by atoms with E-state index in [0.29, 0.717) is 40.5 Å². The molecule has 4 rings (SSSR count). The van der Waals surface area contributed by atoms with E-state index in [1.54, 1.807) is 36.7 Å². The summed E-state index contributed by atoms with van der Waals surface area (Å²) in [6.07, 6.45) is 4.67. The van der Waals surface area contributed by atoms with Crippen LogP contribution in [0.15, 0.2) is 47.7 Å². The van der Waals surface area contributed by atoms with E-state index in [1.807, 2.05) is 4.57 Å². The molecule has 120 valence electrons. The summed E-state index contributed by atoms with van der Waals surface area (Å²) in [5.41, 5.74) is 0.757. The number of amides is 1. The quantitative estimate of drug-likeness (QED) is 0.777. The Balaban J connectivity index is 1.88. The Morgan fingerprint density at radius 3 is 3.00 bits per heavy atom. The van der Waals surface area contributed by atoms with Gasteiger partial charge in [0.05, 0.1) is 34.4 Å². The van der Waals surface area contributed by atoms with E-state index in [4.69, 9.17) is 16.3 Å². The van der Waals surface area contributed by atoms with Gasteiger partial charge in [0.1, 0.15) is 17.9 Å². The van der Waals surface area contributed by atoms with Gasteiger partial charge in [-0.15, -0.1) is 0 Å². The number of nitrogens with zero attached hydrogens (tertiary/aromatic N) is 2. The van der Waals surface area contributed by atoms with Crippen molar-refractivity contribution >= 4 is 34.1 Å². The Morgan fingerprint density at radius 1 is 1.33 bits per heavy atom. The van der Waals surface area contributed by atoms with Gasteiger partial charge in [-0.05, 0) is 24.3 Å². The van der Waals surface area contributed by atoms with Crippen molar-refractivity contribution in [3.63, 3.8) is 0 Å². The van der Waals surface area contributed by atoms with Crippen LogP contribution in [-0.2, 0) is 6.54 Å². The molecule has 1 N–H and O–H groups in total. The van der Waals surface area contributed by atoms with Gasteiger partial charge in [-0.1, -0.05) is 11.6 Å². The maximum Gasteiger partial charge on any atom is 0.261 e. The smallest absolute Gasteiger partial charge is 0.261 e. The lowest BCUT2D eigenvalue weighted by Gasteiger charge is -2.21. The van der Waals surface area contributed by atoms with Gasteiger partial charge >= 0.3 is 0 Å². The number of aromatic nitrogens is 2. The Morgan fingerprint density at radius 2 is 2.21 bits per heavy atom. The second-order valence-electron chi connectivity index (χ2n) is 5.38. The van der Waals surface area contributed by atoms with Gasteiger partial charge < -0.3 is 14.6 Å². The molecule has 1 aromatic carbocycles. The molecule has 0 aliphatic carbocycles. The molecule has 2 aromatic heterocycles. The number of carbonyl (C=O) groups is 1. The number of ether oxygens (including phenoxy) is 1. The summed E-state index contributed by atoms with van der Waals surface area (Å²) >= 11 is 6.21. The van der Waals surface area contributed by atoms with Crippen LogP contribution in [0.3, 0.4) is 0 Å². The second-order valence-corrected chi connectivity index (χ2v) is 5.79. The van der Waals surface area contributed by atoms with E-state index >= 15 is 0 Å². The highest BCUT2D eigenvalue weighted by Crippen LogP contribution is 2.32. The monoisotopic (exact) mass is 341 g/mol. The Hall–Kier alpha value is -2.86. The highest BCUT2D eigenvalue weighted by molar-refractivity contribution is 6.35. The first-order valence-corrected chi connectivity index (χ1v) is 7.73. The van der Waals surface area contributed by atoms with E-state index in [0.717, 1.165) is 0 Å². The van der Waals surface area contributed by atoms with E-state index < -0.39 is 11.3 Å². The van der Waals surface area contributed by atoms with Crippen molar-refractivity contribution in [2.45, 2.75) is 6.54 Å². The number of hydrogen-bond acceptors (Lipinski definition) is 4. The summed E-state index contributed by atoms with van der Waals surface area (Å²) in [5, 5.41) is 3.28. The van der Waals surface area contributed by atoms with Crippen molar-refractivity contribution in [3.8, 4) is 5.75 Å². The SMILES string of the molecule is O=C(Nc1cccnc1)c1cn2c3c(ccc(Cl)c3c1=O)OCC2. The molecule has 0 spiro atoms. The van der Waals surface area contributed by atoms with E-state index in [9.17, 15) is 9.59 Å². The molecule has 1 aliphatic heterocycles. The van der Waals surface area contributed by atoms with Crippen molar-refractivity contribution in [3.05, 3.63) is 63.7 Å². The number of carbonyl (C=O) groups excluding carboxylic acids is 1. The van der Waals surface area contributed by atoms with E-state index in [2.05, 4.69) is 10.3 Å². The minimum absolute atomic E-state index is 0.0345. The largest absolute Gasteiger partial charge is 0.490 e. The fourth-order valence-electron chi connectivity index (χ4n) is 2.81. The lowest BCUT2D eigenvalue weighted by molar-refractivity contribution is 0.102. The molecule has 0 radical (unpaired) electrons. The lowest BCUT2D eigenvalue weighted by atomic mass is 10.1. The molecule has 1 aliphatic rings. The minimum atomic E-state index is -0.494. The molecule has 0 saturated carbocycles. The first-order valence-electron chi connectivity index (χ1n) is 7.35. The number of nitrogens with one attached hydrogen (secondary N) is 1. The summed E-state index contributed by atoms with van der Waals surface area (Å²) in [5.74, 6) is 0.101. The van der Waals surface area contributed by atoms with Gasteiger partial charge in [0.25, 0.3) is 5.91 Å². The summed E-state index contributed by atoms with van der Waals surface area (Å²) in [4.78, 5) is 29.3. The van der Waals surface area contributed by atoms with Gasteiger partial charge in [-0.3, -0.25) is 14.6 Å². The van der Waals surface area contributed by atoms with Crippen LogP contribution in [0.25, 0.3) is 10.9 Å². The third-order valence-electron chi connectivity index (χ3n) is 3.89. The number of hydrogen-bond donors (Lipinski definition) is 1. The Labute approximate surface area is 141 Å².